The number of likely N-dealkylation sites (tertiary alicyclic amines) is 1. The molecule has 0 saturated carbocycles. The summed E-state index contributed by atoms with van der Waals surface area (Å²) in [7, 11) is 0. The SMILES string of the molecule is CCc1ccc(C(c2cccc3ccccc23)N2CCC(C(=O)O)CC2)nc1. The molecule has 1 saturated heterocycles. The lowest BCUT2D eigenvalue weighted by atomic mass is 9.91. The number of hydrogen-bond acceptors (Lipinski definition) is 3. The van der Waals surface area contributed by atoms with Gasteiger partial charge in [-0.05, 0) is 60.3 Å². The summed E-state index contributed by atoms with van der Waals surface area (Å²) in [5.74, 6) is -0.911. The Labute approximate surface area is 165 Å². The lowest BCUT2D eigenvalue weighted by Crippen LogP contribution is -2.39. The standard InChI is InChI=1S/C24H26N2O2/c1-2-17-10-11-22(25-16-17)23(26-14-12-19(13-15-26)24(27)28)21-9-5-7-18-6-3-4-8-20(18)21/h3-11,16,19,23H,2,12-15H2,1H3,(H,27,28). The smallest absolute Gasteiger partial charge is 0.306 e. The molecule has 1 aliphatic rings. The van der Waals surface area contributed by atoms with Gasteiger partial charge in [-0.3, -0.25) is 14.7 Å². The highest BCUT2D eigenvalue weighted by Crippen LogP contribution is 2.35. The summed E-state index contributed by atoms with van der Waals surface area (Å²) >= 11 is 0. The number of fused-ring (bicyclic) bond motifs is 1. The van der Waals surface area contributed by atoms with Gasteiger partial charge in [0.15, 0.2) is 0 Å². The van der Waals surface area contributed by atoms with E-state index in [0.717, 1.165) is 25.2 Å². The third-order valence-corrected chi connectivity index (χ3v) is 5.90. The summed E-state index contributed by atoms with van der Waals surface area (Å²) in [6, 6.07) is 19.2. The Kier molecular flexibility index (Phi) is 5.40. The Morgan fingerprint density at radius 1 is 1.11 bits per heavy atom. The zero-order chi connectivity index (χ0) is 19.5. The molecule has 2 aromatic carbocycles. The predicted molar refractivity (Wildman–Crippen MR) is 111 cm³/mol. The highest BCUT2D eigenvalue weighted by atomic mass is 16.4. The fraction of sp³-hybridized carbons (Fsp3) is 0.333. The number of benzene rings is 2. The van der Waals surface area contributed by atoms with Crippen LogP contribution in [0.5, 0.6) is 0 Å². The van der Waals surface area contributed by atoms with Gasteiger partial charge in [-0.2, -0.15) is 0 Å². The topological polar surface area (TPSA) is 53.4 Å². The van der Waals surface area contributed by atoms with E-state index in [1.54, 1.807) is 0 Å². The molecular weight excluding hydrogens is 348 g/mol. The molecule has 2 heterocycles. The van der Waals surface area contributed by atoms with Crippen LogP contribution in [0.15, 0.2) is 60.8 Å². The number of hydrogen-bond donors (Lipinski definition) is 1. The first kappa shape index (κ1) is 18.6. The fourth-order valence-electron chi connectivity index (χ4n) is 4.24. The van der Waals surface area contributed by atoms with E-state index in [1.165, 1.54) is 21.9 Å². The Morgan fingerprint density at radius 2 is 1.86 bits per heavy atom. The molecule has 4 rings (SSSR count). The van der Waals surface area contributed by atoms with Crippen molar-refractivity contribution in [2.24, 2.45) is 5.92 Å². The van der Waals surface area contributed by atoms with Crippen molar-refractivity contribution in [3.05, 3.63) is 77.6 Å². The van der Waals surface area contributed by atoms with Gasteiger partial charge in [0.05, 0.1) is 17.7 Å². The number of aliphatic carboxylic acids is 1. The van der Waals surface area contributed by atoms with Crippen LogP contribution in [0.4, 0.5) is 0 Å². The summed E-state index contributed by atoms with van der Waals surface area (Å²) in [5.41, 5.74) is 3.50. The van der Waals surface area contributed by atoms with Gasteiger partial charge in [0.2, 0.25) is 0 Å². The van der Waals surface area contributed by atoms with E-state index >= 15 is 0 Å². The molecule has 28 heavy (non-hydrogen) atoms. The molecular formula is C24H26N2O2. The minimum absolute atomic E-state index is 0.0340. The number of carbonyl (C=O) groups is 1. The van der Waals surface area contributed by atoms with Crippen LogP contribution in [0.25, 0.3) is 10.8 Å². The van der Waals surface area contributed by atoms with Gasteiger partial charge in [-0.1, -0.05) is 55.5 Å². The summed E-state index contributed by atoms with van der Waals surface area (Å²) in [4.78, 5) is 18.6. The summed E-state index contributed by atoms with van der Waals surface area (Å²) in [6.45, 7) is 3.67. The van der Waals surface area contributed by atoms with Gasteiger partial charge in [0.25, 0.3) is 0 Å². The summed E-state index contributed by atoms with van der Waals surface area (Å²) in [5, 5.41) is 11.8. The van der Waals surface area contributed by atoms with Crippen LogP contribution in [0.3, 0.4) is 0 Å². The normalized spacial score (nSPS) is 16.9. The van der Waals surface area contributed by atoms with Crippen LogP contribution in [0, 0.1) is 5.92 Å². The van der Waals surface area contributed by atoms with Crippen molar-refractivity contribution in [2.45, 2.75) is 32.2 Å². The van der Waals surface area contributed by atoms with Gasteiger partial charge < -0.3 is 5.11 Å². The molecule has 0 spiro atoms. The first-order chi connectivity index (χ1) is 13.7. The van der Waals surface area contributed by atoms with Crippen molar-refractivity contribution in [3.8, 4) is 0 Å². The molecule has 1 atom stereocenters. The number of nitrogens with zero attached hydrogens (tertiary/aromatic N) is 2. The van der Waals surface area contributed by atoms with Crippen LogP contribution >= 0.6 is 0 Å². The molecule has 4 nitrogen and oxygen atoms in total. The molecule has 3 aromatic rings. The first-order valence-electron chi connectivity index (χ1n) is 10.1. The average molecular weight is 374 g/mol. The van der Waals surface area contributed by atoms with Crippen molar-refractivity contribution in [1.29, 1.82) is 0 Å². The van der Waals surface area contributed by atoms with Gasteiger partial charge in [0.1, 0.15) is 0 Å². The van der Waals surface area contributed by atoms with Crippen molar-refractivity contribution >= 4 is 16.7 Å². The molecule has 0 aliphatic carbocycles. The number of carboxylic acid groups (broad SMARTS) is 1. The maximum absolute atomic E-state index is 11.4. The van der Waals surface area contributed by atoms with Crippen molar-refractivity contribution < 1.29 is 9.90 Å². The lowest BCUT2D eigenvalue weighted by molar-refractivity contribution is -0.143. The van der Waals surface area contributed by atoms with Gasteiger partial charge >= 0.3 is 5.97 Å². The molecule has 0 amide bonds. The molecule has 144 valence electrons. The van der Waals surface area contributed by atoms with Crippen molar-refractivity contribution in [3.63, 3.8) is 0 Å². The van der Waals surface area contributed by atoms with Crippen LogP contribution in [-0.2, 0) is 11.2 Å². The number of aryl methyl sites for hydroxylation is 1. The molecule has 4 heteroatoms. The molecule has 0 bridgehead atoms. The van der Waals surface area contributed by atoms with E-state index < -0.39 is 5.97 Å². The Bertz CT molecular complexity index is 955. The summed E-state index contributed by atoms with van der Waals surface area (Å²) < 4.78 is 0. The monoisotopic (exact) mass is 374 g/mol. The molecule has 1 fully saturated rings. The maximum Gasteiger partial charge on any atom is 0.306 e. The Morgan fingerprint density at radius 3 is 2.54 bits per heavy atom. The zero-order valence-electron chi connectivity index (χ0n) is 16.2. The average Bonchev–Trinajstić information content (AvgIpc) is 2.75. The second-order valence-corrected chi connectivity index (χ2v) is 7.56. The molecule has 1 N–H and O–H groups in total. The number of piperidine rings is 1. The van der Waals surface area contributed by atoms with E-state index in [-0.39, 0.29) is 12.0 Å². The minimum Gasteiger partial charge on any atom is -0.481 e. The van der Waals surface area contributed by atoms with Crippen molar-refractivity contribution in [1.82, 2.24) is 9.88 Å². The fourth-order valence-corrected chi connectivity index (χ4v) is 4.24. The molecule has 0 radical (unpaired) electrons. The van der Waals surface area contributed by atoms with Gasteiger partial charge in [0, 0.05) is 6.20 Å². The summed E-state index contributed by atoms with van der Waals surface area (Å²) in [6.07, 6.45) is 4.31. The second kappa shape index (κ2) is 8.11. The predicted octanol–water partition coefficient (Wildman–Crippen LogP) is 4.68. The maximum atomic E-state index is 11.4. The van der Waals surface area contributed by atoms with E-state index in [2.05, 4.69) is 66.4 Å². The van der Waals surface area contributed by atoms with E-state index in [9.17, 15) is 9.90 Å². The Balaban J connectivity index is 1.76. The van der Waals surface area contributed by atoms with Crippen molar-refractivity contribution in [2.75, 3.05) is 13.1 Å². The quantitative estimate of drug-likeness (QED) is 0.704. The number of carboxylic acids is 1. The highest BCUT2D eigenvalue weighted by Gasteiger charge is 2.31. The van der Waals surface area contributed by atoms with Gasteiger partial charge in [-0.15, -0.1) is 0 Å². The zero-order valence-corrected chi connectivity index (χ0v) is 16.2. The molecule has 1 unspecified atom stereocenters. The van der Waals surface area contributed by atoms with Crippen LogP contribution in [-0.4, -0.2) is 34.0 Å². The largest absolute Gasteiger partial charge is 0.481 e. The van der Waals surface area contributed by atoms with Crippen LogP contribution in [0.2, 0.25) is 0 Å². The third-order valence-electron chi connectivity index (χ3n) is 5.90. The van der Waals surface area contributed by atoms with Crippen LogP contribution < -0.4 is 0 Å². The number of pyridine rings is 1. The van der Waals surface area contributed by atoms with E-state index in [0.29, 0.717) is 12.8 Å². The van der Waals surface area contributed by atoms with Crippen LogP contribution in [0.1, 0.15) is 42.6 Å². The Hall–Kier alpha value is -2.72. The molecule has 1 aliphatic heterocycles. The third kappa shape index (κ3) is 3.65. The van der Waals surface area contributed by atoms with E-state index in [1.807, 2.05) is 6.20 Å². The molecule has 1 aromatic heterocycles. The lowest BCUT2D eigenvalue weighted by Gasteiger charge is -2.37. The number of aromatic nitrogens is 1. The first-order valence-corrected chi connectivity index (χ1v) is 10.1. The highest BCUT2D eigenvalue weighted by molar-refractivity contribution is 5.86. The second-order valence-electron chi connectivity index (χ2n) is 7.56. The van der Waals surface area contributed by atoms with Gasteiger partial charge in [-0.25, -0.2) is 0 Å². The number of rotatable bonds is 5. The van der Waals surface area contributed by atoms with E-state index in [4.69, 9.17) is 4.98 Å². The minimum atomic E-state index is -0.674.